The Bertz CT molecular complexity index is 541. The highest BCUT2D eigenvalue weighted by atomic mass is 32.1. The minimum atomic E-state index is -0.437. The number of hydrogen-bond acceptors (Lipinski definition) is 3. The van der Waals surface area contributed by atoms with Crippen molar-refractivity contribution in [2.24, 2.45) is 0 Å². The second-order valence-electron chi connectivity index (χ2n) is 4.61. The van der Waals surface area contributed by atoms with Crippen LogP contribution in [0.5, 0.6) is 0 Å². The normalized spacial score (nSPS) is 23.0. The Morgan fingerprint density at radius 1 is 1.33 bits per heavy atom. The van der Waals surface area contributed by atoms with E-state index in [9.17, 15) is 9.50 Å². The molecule has 2 nitrogen and oxygen atoms in total. The van der Waals surface area contributed by atoms with Crippen LogP contribution in [0, 0.1) is 5.82 Å². The summed E-state index contributed by atoms with van der Waals surface area (Å²) in [4.78, 5) is 1.20. The number of aliphatic hydroxyl groups is 1. The van der Waals surface area contributed by atoms with Gasteiger partial charge >= 0.3 is 0 Å². The second-order valence-corrected chi connectivity index (χ2v) is 5.59. The predicted octanol–water partition coefficient (Wildman–Crippen LogP) is 3.35. The lowest BCUT2D eigenvalue weighted by atomic mass is 10.0. The molecule has 2 atom stereocenters. The molecule has 0 radical (unpaired) electrons. The highest BCUT2D eigenvalue weighted by Gasteiger charge is 2.23. The first-order valence-corrected chi connectivity index (χ1v) is 6.87. The molecule has 2 aromatic rings. The lowest BCUT2D eigenvalue weighted by Gasteiger charge is -2.17. The standard InChI is InChI=1S/C14H14FNOS/c15-10-3-4-12-9(6-10)7-11(17)8-13(16-12)14-2-1-5-18-14/h1-6,11,13,16-17H,7-8H2/t11-,13+/m1/s1. The van der Waals surface area contributed by atoms with E-state index in [1.54, 1.807) is 17.4 Å². The van der Waals surface area contributed by atoms with Gasteiger partial charge in [0.25, 0.3) is 0 Å². The van der Waals surface area contributed by atoms with Gasteiger partial charge in [0.15, 0.2) is 0 Å². The fraction of sp³-hybridized carbons (Fsp3) is 0.286. The third kappa shape index (κ3) is 2.26. The zero-order chi connectivity index (χ0) is 12.5. The van der Waals surface area contributed by atoms with Gasteiger partial charge < -0.3 is 10.4 Å². The number of benzene rings is 1. The summed E-state index contributed by atoms with van der Waals surface area (Å²) in [5.41, 5.74) is 1.77. The quantitative estimate of drug-likeness (QED) is 0.827. The molecular weight excluding hydrogens is 249 g/mol. The van der Waals surface area contributed by atoms with Crippen LogP contribution in [0.2, 0.25) is 0 Å². The van der Waals surface area contributed by atoms with Gasteiger partial charge in [0.1, 0.15) is 5.82 Å². The van der Waals surface area contributed by atoms with Crippen molar-refractivity contribution >= 4 is 17.0 Å². The van der Waals surface area contributed by atoms with Crippen molar-refractivity contribution in [2.45, 2.75) is 25.0 Å². The number of aliphatic hydroxyl groups excluding tert-OH is 1. The van der Waals surface area contributed by atoms with Crippen molar-refractivity contribution in [3.63, 3.8) is 0 Å². The van der Waals surface area contributed by atoms with E-state index in [0.717, 1.165) is 11.3 Å². The highest BCUT2D eigenvalue weighted by molar-refractivity contribution is 7.10. The lowest BCUT2D eigenvalue weighted by Crippen LogP contribution is -2.15. The topological polar surface area (TPSA) is 32.3 Å². The van der Waals surface area contributed by atoms with Crippen LogP contribution in [-0.4, -0.2) is 11.2 Å². The summed E-state index contributed by atoms with van der Waals surface area (Å²) >= 11 is 1.67. The van der Waals surface area contributed by atoms with Gasteiger partial charge in [0.05, 0.1) is 12.1 Å². The summed E-state index contributed by atoms with van der Waals surface area (Å²) < 4.78 is 13.2. The molecule has 0 unspecified atom stereocenters. The lowest BCUT2D eigenvalue weighted by molar-refractivity contribution is 0.161. The molecule has 3 rings (SSSR count). The minimum Gasteiger partial charge on any atom is -0.393 e. The average molecular weight is 263 g/mol. The maximum atomic E-state index is 13.2. The summed E-state index contributed by atoms with van der Waals surface area (Å²) in [5, 5.41) is 15.5. The molecule has 0 bridgehead atoms. The zero-order valence-electron chi connectivity index (χ0n) is 9.77. The van der Waals surface area contributed by atoms with Crippen LogP contribution in [0.4, 0.5) is 10.1 Å². The molecule has 1 aromatic heterocycles. The van der Waals surface area contributed by atoms with Gasteiger partial charge in [-0.05, 0) is 41.6 Å². The summed E-state index contributed by atoms with van der Waals surface area (Å²) in [5.74, 6) is -0.252. The van der Waals surface area contributed by atoms with E-state index >= 15 is 0 Å². The fourth-order valence-electron chi connectivity index (χ4n) is 2.40. The highest BCUT2D eigenvalue weighted by Crippen LogP contribution is 2.33. The van der Waals surface area contributed by atoms with Crippen molar-refractivity contribution in [1.29, 1.82) is 0 Å². The number of fused-ring (bicyclic) bond motifs is 1. The van der Waals surface area contributed by atoms with Crippen LogP contribution < -0.4 is 5.32 Å². The maximum Gasteiger partial charge on any atom is 0.123 e. The number of halogens is 1. The van der Waals surface area contributed by atoms with E-state index in [4.69, 9.17) is 0 Å². The fourth-order valence-corrected chi connectivity index (χ4v) is 3.20. The van der Waals surface area contributed by atoms with E-state index in [1.165, 1.54) is 17.0 Å². The number of nitrogens with one attached hydrogen (secondary N) is 1. The third-order valence-electron chi connectivity index (χ3n) is 3.25. The van der Waals surface area contributed by atoms with E-state index in [1.807, 2.05) is 11.4 Å². The molecule has 0 amide bonds. The van der Waals surface area contributed by atoms with Crippen LogP contribution in [0.15, 0.2) is 35.7 Å². The number of rotatable bonds is 1. The van der Waals surface area contributed by atoms with Gasteiger partial charge in [-0.25, -0.2) is 4.39 Å². The van der Waals surface area contributed by atoms with Gasteiger partial charge in [-0.1, -0.05) is 6.07 Å². The molecule has 1 aliphatic rings. The predicted molar refractivity (Wildman–Crippen MR) is 71.4 cm³/mol. The first kappa shape index (κ1) is 11.7. The molecule has 4 heteroatoms. The molecule has 2 N–H and O–H groups in total. The Balaban J connectivity index is 1.96. The Labute approximate surface area is 109 Å². The maximum absolute atomic E-state index is 13.2. The van der Waals surface area contributed by atoms with E-state index < -0.39 is 6.10 Å². The van der Waals surface area contributed by atoms with Crippen LogP contribution >= 0.6 is 11.3 Å². The van der Waals surface area contributed by atoms with Crippen molar-refractivity contribution < 1.29 is 9.50 Å². The Morgan fingerprint density at radius 3 is 3.00 bits per heavy atom. The van der Waals surface area contributed by atoms with Crippen LogP contribution in [0.25, 0.3) is 0 Å². The Morgan fingerprint density at radius 2 is 2.22 bits per heavy atom. The summed E-state index contributed by atoms with van der Waals surface area (Å²) in [6, 6.07) is 8.88. The second kappa shape index (κ2) is 4.71. The van der Waals surface area contributed by atoms with E-state index in [-0.39, 0.29) is 11.9 Å². The van der Waals surface area contributed by atoms with Crippen LogP contribution in [-0.2, 0) is 6.42 Å². The zero-order valence-corrected chi connectivity index (χ0v) is 10.6. The smallest absolute Gasteiger partial charge is 0.123 e. The minimum absolute atomic E-state index is 0.103. The summed E-state index contributed by atoms with van der Waals surface area (Å²) in [6.07, 6.45) is 0.714. The molecule has 0 aliphatic carbocycles. The summed E-state index contributed by atoms with van der Waals surface area (Å²) in [7, 11) is 0. The molecule has 1 aromatic carbocycles. The molecule has 2 heterocycles. The molecule has 18 heavy (non-hydrogen) atoms. The first-order chi connectivity index (χ1) is 8.72. The average Bonchev–Trinajstić information content (AvgIpc) is 2.80. The van der Waals surface area contributed by atoms with Gasteiger partial charge in [0, 0.05) is 17.0 Å². The van der Waals surface area contributed by atoms with Gasteiger partial charge in [-0.15, -0.1) is 11.3 Å². The van der Waals surface area contributed by atoms with Crippen LogP contribution in [0.3, 0.4) is 0 Å². The number of anilines is 1. The number of hydrogen-bond donors (Lipinski definition) is 2. The number of thiophene rings is 1. The SMILES string of the molecule is O[C@@H]1Cc2cc(F)ccc2N[C@H](c2cccs2)C1. The van der Waals surface area contributed by atoms with E-state index in [0.29, 0.717) is 12.8 Å². The Hall–Kier alpha value is -1.39. The van der Waals surface area contributed by atoms with Crippen molar-refractivity contribution in [3.8, 4) is 0 Å². The molecule has 0 spiro atoms. The molecule has 1 aliphatic heterocycles. The largest absolute Gasteiger partial charge is 0.393 e. The van der Waals surface area contributed by atoms with Crippen LogP contribution in [0.1, 0.15) is 22.9 Å². The third-order valence-corrected chi connectivity index (χ3v) is 4.23. The monoisotopic (exact) mass is 263 g/mol. The first-order valence-electron chi connectivity index (χ1n) is 5.99. The molecule has 0 saturated carbocycles. The molecule has 0 saturated heterocycles. The molecule has 0 fully saturated rings. The summed E-state index contributed by atoms with van der Waals surface area (Å²) in [6.45, 7) is 0. The van der Waals surface area contributed by atoms with E-state index in [2.05, 4.69) is 11.4 Å². The molecule has 94 valence electrons. The Kier molecular flexibility index (Phi) is 3.06. The van der Waals surface area contributed by atoms with Crippen molar-refractivity contribution in [3.05, 3.63) is 52.0 Å². The van der Waals surface area contributed by atoms with Gasteiger partial charge in [-0.2, -0.15) is 0 Å². The van der Waals surface area contributed by atoms with Crippen molar-refractivity contribution in [1.82, 2.24) is 0 Å². The van der Waals surface area contributed by atoms with Gasteiger partial charge in [0.2, 0.25) is 0 Å². The molecular formula is C14H14FNOS. The van der Waals surface area contributed by atoms with Crippen molar-refractivity contribution in [2.75, 3.05) is 5.32 Å². The van der Waals surface area contributed by atoms with Gasteiger partial charge in [-0.3, -0.25) is 0 Å².